The van der Waals surface area contributed by atoms with E-state index in [0.717, 1.165) is 11.1 Å². The van der Waals surface area contributed by atoms with Crippen LogP contribution in [-0.2, 0) is 0 Å². The third-order valence-electron chi connectivity index (χ3n) is 5.09. The van der Waals surface area contributed by atoms with Gasteiger partial charge in [0.05, 0.1) is 19.3 Å². The zero-order valence-corrected chi connectivity index (χ0v) is 18.8. The Balaban J connectivity index is 1.55. The summed E-state index contributed by atoms with van der Waals surface area (Å²) in [4.78, 5) is 25.2. The van der Waals surface area contributed by atoms with Crippen molar-refractivity contribution in [1.82, 2.24) is 0 Å². The fourth-order valence-corrected chi connectivity index (χ4v) is 3.41. The van der Waals surface area contributed by atoms with Gasteiger partial charge in [-0.05, 0) is 54.4 Å². The Morgan fingerprint density at radius 3 is 2.45 bits per heavy atom. The Morgan fingerprint density at radius 2 is 1.73 bits per heavy atom. The zero-order chi connectivity index (χ0) is 23.4. The average molecular weight is 443 g/mol. The van der Waals surface area contributed by atoms with Gasteiger partial charge >= 0.3 is 5.63 Å². The number of rotatable bonds is 7. The molecule has 1 N–H and O–H groups in total. The fraction of sp³-hybridized carbons (Fsp3) is 0.185. The summed E-state index contributed by atoms with van der Waals surface area (Å²) in [5.74, 6) is 1.34. The van der Waals surface area contributed by atoms with E-state index >= 15 is 0 Å². The molecule has 0 radical (unpaired) electrons. The highest BCUT2D eigenvalue weighted by atomic mass is 16.5. The van der Waals surface area contributed by atoms with Gasteiger partial charge in [0.2, 0.25) is 0 Å². The molecule has 0 aliphatic rings. The fourth-order valence-electron chi connectivity index (χ4n) is 3.41. The van der Waals surface area contributed by atoms with E-state index in [4.69, 9.17) is 13.9 Å². The van der Waals surface area contributed by atoms with E-state index in [1.165, 1.54) is 7.11 Å². The van der Waals surface area contributed by atoms with E-state index in [2.05, 4.69) is 19.2 Å². The number of carbonyl (C=O) groups is 1. The van der Waals surface area contributed by atoms with Crippen molar-refractivity contribution in [3.8, 4) is 22.6 Å². The van der Waals surface area contributed by atoms with Crippen LogP contribution >= 0.6 is 0 Å². The van der Waals surface area contributed by atoms with Crippen LogP contribution in [0.15, 0.2) is 82.0 Å². The minimum atomic E-state index is -0.455. The maximum atomic E-state index is 12.7. The van der Waals surface area contributed by atoms with Crippen LogP contribution in [0.5, 0.6) is 11.5 Å². The molecule has 0 atom stereocenters. The topological polar surface area (TPSA) is 77.8 Å². The largest absolute Gasteiger partial charge is 0.496 e. The minimum Gasteiger partial charge on any atom is -0.496 e. The summed E-state index contributed by atoms with van der Waals surface area (Å²) < 4.78 is 16.6. The summed E-state index contributed by atoms with van der Waals surface area (Å²) in [5.41, 5.74) is 2.09. The molecule has 0 saturated carbocycles. The zero-order valence-electron chi connectivity index (χ0n) is 18.8. The molecule has 0 bridgehead atoms. The Hall–Kier alpha value is -4.06. The van der Waals surface area contributed by atoms with Crippen molar-refractivity contribution < 1.29 is 18.7 Å². The standard InChI is InChI=1S/C27H25NO5/c1-17(2)16-32-21-11-8-18(9-12-21)26(29)28-20-10-13-22(25(15-20)31-3)23-14-19-6-4-5-7-24(19)33-27(23)30/h4-15,17H,16H2,1-3H3,(H,28,29). The summed E-state index contributed by atoms with van der Waals surface area (Å²) in [6, 6.07) is 21.2. The molecule has 1 heterocycles. The first kappa shape index (κ1) is 22.1. The van der Waals surface area contributed by atoms with Gasteiger partial charge in [0.15, 0.2) is 0 Å². The first-order valence-corrected chi connectivity index (χ1v) is 10.7. The van der Waals surface area contributed by atoms with Crippen LogP contribution in [0, 0.1) is 5.92 Å². The van der Waals surface area contributed by atoms with Gasteiger partial charge < -0.3 is 19.2 Å². The van der Waals surface area contributed by atoms with Crippen molar-refractivity contribution in [2.75, 3.05) is 19.0 Å². The van der Waals surface area contributed by atoms with Crippen LogP contribution in [0.1, 0.15) is 24.2 Å². The third kappa shape index (κ3) is 5.06. The number of fused-ring (bicyclic) bond motifs is 1. The average Bonchev–Trinajstić information content (AvgIpc) is 2.82. The molecule has 6 nitrogen and oxygen atoms in total. The first-order chi connectivity index (χ1) is 15.9. The van der Waals surface area contributed by atoms with Crippen molar-refractivity contribution >= 4 is 22.6 Å². The molecule has 0 fully saturated rings. The van der Waals surface area contributed by atoms with Crippen molar-refractivity contribution in [3.63, 3.8) is 0 Å². The lowest BCUT2D eigenvalue weighted by Gasteiger charge is -2.12. The van der Waals surface area contributed by atoms with Gasteiger partial charge in [-0.1, -0.05) is 32.0 Å². The second-order valence-electron chi connectivity index (χ2n) is 8.08. The van der Waals surface area contributed by atoms with Crippen molar-refractivity contribution in [1.29, 1.82) is 0 Å². The Bertz CT molecular complexity index is 1340. The van der Waals surface area contributed by atoms with E-state index in [1.54, 1.807) is 54.6 Å². The van der Waals surface area contributed by atoms with Crippen molar-refractivity contribution in [2.24, 2.45) is 5.92 Å². The molecule has 1 amide bonds. The van der Waals surface area contributed by atoms with E-state index in [1.807, 2.05) is 18.2 Å². The predicted molar refractivity (Wildman–Crippen MR) is 129 cm³/mol. The highest BCUT2D eigenvalue weighted by Crippen LogP contribution is 2.32. The molecule has 0 aliphatic carbocycles. The second kappa shape index (κ2) is 9.61. The highest BCUT2D eigenvalue weighted by molar-refractivity contribution is 6.04. The molecule has 4 aromatic rings. The summed E-state index contributed by atoms with van der Waals surface area (Å²) >= 11 is 0. The van der Waals surface area contributed by atoms with Gasteiger partial charge in [-0.25, -0.2) is 4.79 Å². The summed E-state index contributed by atoms with van der Waals surface area (Å²) in [5, 5.41) is 3.68. The summed E-state index contributed by atoms with van der Waals surface area (Å²) in [6.07, 6.45) is 0. The lowest BCUT2D eigenvalue weighted by Crippen LogP contribution is -2.12. The summed E-state index contributed by atoms with van der Waals surface area (Å²) in [6.45, 7) is 4.77. The molecule has 1 aromatic heterocycles. The smallest absolute Gasteiger partial charge is 0.344 e. The monoisotopic (exact) mass is 443 g/mol. The van der Waals surface area contributed by atoms with Gasteiger partial charge in [-0.2, -0.15) is 0 Å². The number of amides is 1. The van der Waals surface area contributed by atoms with Crippen LogP contribution in [-0.4, -0.2) is 19.6 Å². The quantitative estimate of drug-likeness (QED) is 0.368. The number of methoxy groups -OCH3 is 1. The molecule has 33 heavy (non-hydrogen) atoms. The number of anilines is 1. The van der Waals surface area contributed by atoms with E-state index in [-0.39, 0.29) is 5.91 Å². The second-order valence-corrected chi connectivity index (χ2v) is 8.08. The molecule has 3 aromatic carbocycles. The number of carbonyl (C=O) groups excluding carboxylic acids is 1. The van der Waals surface area contributed by atoms with Crippen molar-refractivity contribution in [3.05, 3.63) is 88.8 Å². The molecule has 4 rings (SSSR count). The van der Waals surface area contributed by atoms with E-state index in [9.17, 15) is 9.59 Å². The summed E-state index contributed by atoms with van der Waals surface area (Å²) in [7, 11) is 1.52. The van der Waals surface area contributed by atoms with Crippen LogP contribution < -0.4 is 20.4 Å². The van der Waals surface area contributed by atoms with Crippen LogP contribution in [0.2, 0.25) is 0 Å². The normalized spacial score (nSPS) is 10.9. The number of nitrogens with one attached hydrogen (secondary N) is 1. The van der Waals surface area contributed by atoms with Crippen molar-refractivity contribution in [2.45, 2.75) is 13.8 Å². The van der Waals surface area contributed by atoms with E-state index < -0.39 is 5.63 Å². The maximum Gasteiger partial charge on any atom is 0.344 e. The van der Waals surface area contributed by atoms with Gasteiger partial charge in [0.25, 0.3) is 5.91 Å². The number of para-hydroxylation sites is 1. The molecule has 0 unspecified atom stereocenters. The number of ether oxygens (including phenoxy) is 2. The number of hydrogen-bond acceptors (Lipinski definition) is 5. The van der Waals surface area contributed by atoms with Crippen LogP contribution in [0.4, 0.5) is 5.69 Å². The number of hydrogen-bond donors (Lipinski definition) is 1. The lowest BCUT2D eigenvalue weighted by atomic mass is 10.0. The van der Waals surface area contributed by atoms with Gasteiger partial charge in [-0.3, -0.25) is 4.79 Å². The Labute approximate surface area is 191 Å². The molecular formula is C27H25NO5. The molecule has 0 spiro atoms. The molecule has 168 valence electrons. The van der Waals surface area contributed by atoms with Crippen LogP contribution in [0.25, 0.3) is 22.1 Å². The predicted octanol–water partition coefficient (Wildman–Crippen LogP) is 5.76. The van der Waals surface area contributed by atoms with E-state index in [0.29, 0.717) is 46.2 Å². The molecule has 0 saturated heterocycles. The molecular weight excluding hydrogens is 418 g/mol. The lowest BCUT2D eigenvalue weighted by molar-refractivity contribution is 0.102. The number of benzene rings is 3. The highest BCUT2D eigenvalue weighted by Gasteiger charge is 2.15. The van der Waals surface area contributed by atoms with Gasteiger partial charge in [0.1, 0.15) is 17.1 Å². The first-order valence-electron chi connectivity index (χ1n) is 10.7. The minimum absolute atomic E-state index is 0.259. The van der Waals surface area contributed by atoms with Crippen LogP contribution in [0.3, 0.4) is 0 Å². The Kier molecular flexibility index (Phi) is 6.45. The van der Waals surface area contributed by atoms with Gasteiger partial charge in [0, 0.05) is 28.3 Å². The molecule has 6 heteroatoms. The SMILES string of the molecule is COc1cc(NC(=O)c2ccc(OCC(C)C)cc2)ccc1-c1cc2ccccc2oc1=O. The Morgan fingerprint density at radius 1 is 0.970 bits per heavy atom. The van der Waals surface area contributed by atoms with Gasteiger partial charge in [-0.15, -0.1) is 0 Å². The maximum absolute atomic E-state index is 12.7. The third-order valence-corrected chi connectivity index (χ3v) is 5.09. The molecule has 0 aliphatic heterocycles.